The summed E-state index contributed by atoms with van der Waals surface area (Å²) in [6.45, 7) is 6.13. The quantitative estimate of drug-likeness (QED) is 0.496. The van der Waals surface area contributed by atoms with E-state index in [1.807, 2.05) is 17.9 Å². The largest absolute Gasteiger partial charge is 0.472 e. The average Bonchev–Trinajstić information content (AvgIpc) is 3.55. The van der Waals surface area contributed by atoms with Crippen LogP contribution in [0.3, 0.4) is 0 Å². The number of piperidine rings is 1. The molecule has 2 aliphatic rings. The molecule has 1 aliphatic heterocycles. The molecule has 1 amide bonds. The Bertz CT molecular complexity index is 1230. The van der Waals surface area contributed by atoms with Crippen LogP contribution in [-0.2, 0) is 6.18 Å². The van der Waals surface area contributed by atoms with Crippen molar-refractivity contribution in [3.05, 3.63) is 59.8 Å². The molecule has 1 aliphatic carbocycles. The number of hydrogen-bond donors (Lipinski definition) is 0. The van der Waals surface area contributed by atoms with E-state index in [4.69, 9.17) is 4.74 Å². The molecular formula is C25H27F3N6O2. The minimum atomic E-state index is -4.46. The van der Waals surface area contributed by atoms with Crippen molar-refractivity contribution in [1.29, 1.82) is 0 Å². The maximum Gasteiger partial charge on any atom is 0.417 e. The Hall–Kier alpha value is -3.50. The van der Waals surface area contributed by atoms with Crippen molar-refractivity contribution in [2.24, 2.45) is 11.8 Å². The summed E-state index contributed by atoms with van der Waals surface area (Å²) in [5, 5.41) is 8.38. The topological polar surface area (TPSA) is 86.0 Å². The lowest BCUT2D eigenvalue weighted by molar-refractivity contribution is -0.137. The summed E-state index contributed by atoms with van der Waals surface area (Å²) >= 11 is 0. The number of carbonyl (C=O) groups excluding carboxylic acids is 1. The van der Waals surface area contributed by atoms with Crippen molar-refractivity contribution >= 4 is 5.91 Å². The molecule has 5 rings (SSSR count). The number of ether oxygens (including phenoxy) is 1. The molecule has 4 heterocycles. The van der Waals surface area contributed by atoms with E-state index in [0.29, 0.717) is 18.0 Å². The Labute approximate surface area is 206 Å². The van der Waals surface area contributed by atoms with Gasteiger partial charge >= 0.3 is 6.18 Å². The van der Waals surface area contributed by atoms with Crippen molar-refractivity contribution in [2.45, 2.75) is 64.4 Å². The van der Waals surface area contributed by atoms with Gasteiger partial charge in [-0.15, -0.1) is 4.80 Å². The van der Waals surface area contributed by atoms with E-state index in [1.54, 1.807) is 6.20 Å². The summed E-state index contributed by atoms with van der Waals surface area (Å²) in [6, 6.07) is 3.79. The van der Waals surface area contributed by atoms with E-state index in [1.165, 1.54) is 23.3 Å². The third kappa shape index (κ3) is 4.54. The van der Waals surface area contributed by atoms with Crippen LogP contribution >= 0.6 is 0 Å². The summed E-state index contributed by atoms with van der Waals surface area (Å²) in [5.74, 6) is 0.480. The molecule has 4 atom stereocenters. The van der Waals surface area contributed by atoms with Crippen LogP contribution in [0.2, 0.25) is 0 Å². The number of rotatable bonds is 6. The fourth-order valence-corrected chi connectivity index (χ4v) is 5.42. The number of alkyl halides is 3. The van der Waals surface area contributed by atoms with Crippen LogP contribution in [0.25, 0.3) is 5.69 Å². The number of pyridine rings is 2. The predicted molar refractivity (Wildman–Crippen MR) is 123 cm³/mol. The molecule has 2 fully saturated rings. The number of likely N-dealkylation sites (tertiary alicyclic amines) is 1. The summed E-state index contributed by atoms with van der Waals surface area (Å²) < 4.78 is 44.8. The molecule has 1 saturated heterocycles. The Morgan fingerprint density at radius 1 is 1.14 bits per heavy atom. The molecule has 0 aromatic carbocycles. The molecular weight excluding hydrogens is 473 g/mol. The Balaban J connectivity index is 1.44. The van der Waals surface area contributed by atoms with Crippen molar-refractivity contribution < 1.29 is 22.7 Å². The first kappa shape index (κ1) is 24.2. The van der Waals surface area contributed by atoms with E-state index in [2.05, 4.69) is 34.0 Å². The second-order valence-corrected chi connectivity index (χ2v) is 9.95. The number of aromatic nitrogens is 5. The molecule has 0 radical (unpaired) electrons. The zero-order valence-electron chi connectivity index (χ0n) is 20.2. The number of nitrogens with zero attached hydrogens (tertiary/aromatic N) is 6. The number of aryl methyl sites for hydroxylation is 1. The molecule has 3 aromatic heterocycles. The van der Waals surface area contributed by atoms with Gasteiger partial charge in [0.05, 0.1) is 24.0 Å². The zero-order chi connectivity index (χ0) is 25.6. The molecule has 36 heavy (non-hydrogen) atoms. The minimum Gasteiger partial charge on any atom is -0.472 e. The van der Waals surface area contributed by atoms with Gasteiger partial charge < -0.3 is 9.64 Å². The molecule has 3 aromatic rings. The van der Waals surface area contributed by atoms with Gasteiger partial charge in [0.2, 0.25) is 5.88 Å². The maximum absolute atomic E-state index is 14.0. The fourth-order valence-electron chi connectivity index (χ4n) is 5.42. The highest BCUT2D eigenvalue weighted by Crippen LogP contribution is 2.47. The van der Waals surface area contributed by atoms with Crippen molar-refractivity contribution in [3.63, 3.8) is 0 Å². The predicted octanol–water partition coefficient (Wildman–Crippen LogP) is 4.48. The molecule has 1 saturated carbocycles. The van der Waals surface area contributed by atoms with Crippen LogP contribution in [0.4, 0.5) is 13.2 Å². The summed E-state index contributed by atoms with van der Waals surface area (Å²) in [6.07, 6.45) is 2.96. The van der Waals surface area contributed by atoms with Gasteiger partial charge in [0.15, 0.2) is 5.69 Å². The van der Waals surface area contributed by atoms with Gasteiger partial charge in [-0.25, -0.2) is 9.97 Å². The molecule has 0 unspecified atom stereocenters. The van der Waals surface area contributed by atoms with E-state index in [-0.39, 0.29) is 41.6 Å². The highest BCUT2D eigenvalue weighted by Gasteiger charge is 2.54. The third-order valence-corrected chi connectivity index (χ3v) is 6.89. The Kier molecular flexibility index (Phi) is 6.17. The van der Waals surface area contributed by atoms with Crippen LogP contribution in [0, 0.1) is 18.8 Å². The first-order chi connectivity index (χ1) is 17.1. The van der Waals surface area contributed by atoms with Crippen molar-refractivity contribution in [1.82, 2.24) is 29.9 Å². The smallest absolute Gasteiger partial charge is 0.417 e. The fraction of sp³-hybridized carbons (Fsp3) is 0.480. The number of fused-ring (bicyclic) bond motifs is 2. The zero-order valence-corrected chi connectivity index (χ0v) is 20.2. The lowest BCUT2D eigenvalue weighted by Crippen LogP contribution is -2.52. The molecule has 11 heteroatoms. The lowest BCUT2D eigenvalue weighted by atomic mass is 9.90. The first-order valence-electron chi connectivity index (χ1n) is 12.0. The van der Waals surface area contributed by atoms with Gasteiger partial charge in [0.25, 0.3) is 5.91 Å². The van der Waals surface area contributed by atoms with Crippen molar-refractivity contribution in [2.75, 3.05) is 0 Å². The van der Waals surface area contributed by atoms with E-state index in [9.17, 15) is 18.0 Å². The van der Waals surface area contributed by atoms with Crippen LogP contribution in [0.1, 0.15) is 54.7 Å². The van der Waals surface area contributed by atoms with Crippen molar-refractivity contribution in [3.8, 4) is 11.6 Å². The monoisotopic (exact) mass is 500 g/mol. The average molecular weight is 501 g/mol. The maximum atomic E-state index is 14.0. The van der Waals surface area contributed by atoms with Crippen LogP contribution in [0.5, 0.6) is 5.88 Å². The molecule has 0 spiro atoms. The Morgan fingerprint density at radius 3 is 2.53 bits per heavy atom. The second-order valence-electron chi connectivity index (χ2n) is 9.95. The van der Waals surface area contributed by atoms with Crippen LogP contribution < -0.4 is 4.74 Å². The van der Waals surface area contributed by atoms with Gasteiger partial charge in [-0.05, 0) is 55.7 Å². The minimum absolute atomic E-state index is 0.0180. The van der Waals surface area contributed by atoms with Crippen LogP contribution in [-0.4, -0.2) is 54.0 Å². The molecule has 0 N–H and O–H groups in total. The van der Waals surface area contributed by atoms with Gasteiger partial charge in [0.1, 0.15) is 11.8 Å². The normalized spacial score (nSPS) is 23.5. The molecule has 2 bridgehead atoms. The number of hydrogen-bond acceptors (Lipinski definition) is 6. The molecule has 8 nitrogen and oxygen atoms in total. The lowest BCUT2D eigenvalue weighted by Gasteiger charge is -2.40. The second kappa shape index (κ2) is 9.18. The highest BCUT2D eigenvalue weighted by molar-refractivity contribution is 5.96. The SMILES string of the molecule is Cc1cnc(C(=O)N2[C@H](CC(C)C)[C@H]3C[C@@H](Oc4ccc(C(F)(F)F)cn4)[C@@H]2C3)c(-n2nccn2)c1. The van der Waals surface area contributed by atoms with E-state index in [0.717, 1.165) is 30.7 Å². The number of halogens is 3. The van der Waals surface area contributed by atoms with Gasteiger partial charge in [0, 0.05) is 24.5 Å². The Morgan fingerprint density at radius 2 is 1.89 bits per heavy atom. The van der Waals surface area contributed by atoms with Gasteiger partial charge in [-0.2, -0.15) is 23.4 Å². The number of amides is 1. The highest BCUT2D eigenvalue weighted by atomic mass is 19.4. The van der Waals surface area contributed by atoms with Gasteiger partial charge in [-0.3, -0.25) is 4.79 Å². The molecule has 190 valence electrons. The van der Waals surface area contributed by atoms with E-state index < -0.39 is 11.7 Å². The summed E-state index contributed by atoms with van der Waals surface area (Å²) in [5.41, 5.74) is 0.791. The first-order valence-corrected chi connectivity index (χ1v) is 12.0. The van der Waals surface area contributed by atoms with E-state index >= 15 is 0 Å². The third-order valence-electron chi connectivity index (χ3n) is 6.89. The summed E-state index contributed by atoms with van der Waals surface area (Å²) in [7, 11) is 0. The van der Waals surface area contributed by atoms with Crippen LogP contribution in [0.15, 0.2) is 43.0 Å². The summed E-state index contributed by atoms with van der Waals surface area (Å²) in [4.78, 5) is 25.6. The standard InChI is InChI=1S/C25H27F3N6O2/c1-14(2)8-18-16-10-19(21(11-16)36-22-5-4-17(13-29-22)25(26,27)28)33(18)24(35)23-20(9-15(3)12-30-23)34-31-6-7-32-34/h4-7,9,12-14,16,18-19,21H,8,10-11H2,1-3H3/t16-,18-,19+,21-/m1/s1. The van der Waals surface area contributed by atoms with Gasteiger partial charge in [-0.1, -0.05) is 13.8 Å². The number of carbonyl (C=O) groups is 1.